The molecule has 0 spiro atoms. The second kappa shape index (κ2) is 11.6. The Labute approximate surface area is 230 Å². The molecule has 0 aliphatic rings. The fourth-order valence-corrected chi connectivity index (χ4v) is 8.97. The SMILES string of the molecule is Cc1ccc(C(=O)NC(=Cc2ccc(Cl)cc2)[P+](c2ccccc2)(c2ccccc2)c2ccccc2)cc1. The molecular weight excluding hydrogens is 505 g/mol. The molecule has 0 bridgehead atoms. The summed E-state index contributed by atoms with van der Waals surface area (Å²) in [5.41, 5.74) is 3.54. The van der Waals surface area contributed by atoms with Gasteiger partial charge in [0.1, 0.15) is 15.9 Å². The van der Waals surface area contributed by atoms with Crippen molar-refractivity contribution < 1.29 is 4.79 Å². The Kier molecular flexibility index (Phi) is 7.84. The molecule has 0 aliphatic heterocycles. The van der Waals surface area contributed by atoms with Crippen molar-refractivity contribution in [2.75, 3.05) is 0 Å². The van der Waals surface area contributed by atoms with Gasteiger partial charge in [0, 0.05) is 16.7 Å². The van der Waals surface area contributed by atoms with Crippen molar-refractivity contribution in [2.24, 2.45) is 0 Å². The van der Waals surface area contributed by atoms with Crippen molar-refractivity contribution in [3.8, 4) is 0 Å². The van der Waals surface area contributed by atoms with Crippen LogP contribution < -0.4 is 21.2 Å². The summed E-state index contributed by atoms with van der Waals surface area (Å²) < 4.78 is 0. The summed E-state index contributed by atoms with van der Waals surface area (Å²) in [6, 6.07) is 46.9. The zero-order chi connectivity index (χ0) is 26.4. The van der Waals surface area contributed by atoms with Gasteiger partial charge in [0.15, 0.2) is 12.7 Å². The second-order valence-electron chi connectivity index (χ2n) is 9.08. The molecule has 0 aliphatic carbocycles. The number of benzene rings is 5. The van der Waals surface area contributed by atoms with Crippen molar-refractivity contribution in [3.63, 3.8) is 0 Å². The maximum Gasteiger partial charge on any atom is 0.258 e. The summed E-state index contributed by atoms with van der Waals surface area (Å²) in [6.07, 6.45) is 2.10. The van der Waals surface area contributed by atoms with Crippen LogP contribution in [0.2, 0.25) is 5.02 Å². The number of aryl methyl sites for hydroxylation is 1. The second-order valence-corrected chi connectivity index (χ2v) is 12.9. The van der Waals surface area contributed by atoms with Gasteiger partial charge in [0.2, 0.25) is 0 Å². The van der Waals surface area contributed by atoms with Gasteiger partial charge in [0.05, 0.1) is 0 Å². The van der Waals surface area contributed by atoms with Gasteiger partial charge in [-0.1, -0.05) is 96.0 Å². The van der Waals surface area contributed by atoms with E-state index < -0.39 is 7.26 Å². The van der Waals surface area contributed by atoms with E-state index in [9.17, 15) is 4.79 Å². The minimum Gasteiger partial charge on any atom is -0.292 e. The zero-order valence-corrected chi connectivity index (χ0v) is 22.7. The van der Waals surface area contributed by atoms with Crippen LogP contribution in [0.1, 0.15) is 21.5 Å². The van der Waals surface area contributed by atoms with Crippen molar-refractivity contribution in [3.05, 3.63) is 167 Å². The van der Waals surface area contributed by atoms with Crippen molar-refractivity contribution >= 4 is 46.8 Å². The highest BCUT2D eigenvalue weighted by molar-refractivity contribution is 7.99. The summed E-state index contributed by atoms with van der Waals surface area (Å²) >= 11 is 6.22. The first-order valence-corrected chi connectivity index (χ1v) is 14.7. The Morgan fingerprint density at radius 2 is 1.08 bits per heavy atom. The Bertz CT molecular complexity index is 1440. The lowest BCUT2D eigenvalue weighted by molar-refractivity contribution is 0.0969. The predicted molar refractivity (Wildman–Crippen MR) is 163 cm³/mol. The van der Waals surface area contributed by atoms with Gasteiger partial charge < -0.3 is 0 Å². The number of rotatable bonds is 7. The highest BCUT2D eigenvalue weighted by Crippen LogP contribution is 2.61. The van der Waals surface area contributed by atoms with E-state index in [0.717, 1.165) is 32.5 Å². The lowest BCUT2D eigenvalue weighted by Gasteiger charge is -2.29. The molecule has 0 aromatic heterocycles. The minimum absolute atomic E-state index is 0.141. The number of carbonyl (C=O) groups excluding carboxylic acids is 1. The van der Waals surface area contributed by atoms with Crippen LogP contribution in [0.15, 0.2) is 145 Å². The highest BCUT2D eigenvalue weighted by Gasteiger charge is 2.50. The molecule has 38 heavy (non-hydrogen) atoms. The Morgan fingerprint density at radius 3 is 1.53 bits per heavy atom. The average molecular weight is 533 g/mol. The summed E-state index contributed by atoms with van der Waals surface area (Å²) in [5.74, 6) is -0.141. The fourth-order valence-electron chi connectivity index (χ4n) is 4.65. The van der Waals surface area contributed by atoms with Gasteiger partial charge in [-0.05, 0) is 73.2 Å². The van der Waals surface area contributed by atoms with Crippen molar-refractivity contribution in [1.82, 2.24) is 5.32 Å². The average Bonchev–Trinajstić information content (AvgIpc) is 2.97. The van der Waals surface area contributed by atoms with Gasteiger partial charge >= 0.3 is 0 Å². The van der Waals surface area contributed by atoms with Gasteiger partial charge in [-0.25, -0.2) is 0 Å². The largest absolute Gasteiger partial charge is 0.292 e. The first-order valence-electron chi connectivity index (χ1n) is 12.5. The quantitative estimate of drug-likeness (QED) is 0.218. The summed E-state index contributed by atoms with van der Waals surface area (Å²) in [4.78, 5) is 13.8. The van der Waals surface area contributed by atoms with E-state index in [4.69, 9.17) is 11.6 Å². The molecule has 0 fully saturated rings. The van der Waals surface area contributed by atoms with E-state index in [1.54, 1.807) is 0 Å². The third-order valence-corrected chi connectivity index (χ3v) is 11.0. The Balaban J connectivity index is 1.81. The van der Waals surface area contributed by atoms with Crippen LogP contribution in [0.3, 0.4) is 0 Å². The molecule has 1 N–H and O–H groups in total. The molecular formula is C34H28ClNOP+. The molecule has 2 nitrogen and oxygen atoms in total. The van der Waals surface area contributed by atoms with Crippen LogP contribution in [-0.2, 0) is 0 Å². The number of hydrogen-bond donors (Lipinski definition) is 1. The number of hydrogen-bond acceptors (Lipinski definition) is 1. The van der Waals surface area contributed by atoms with E-state index in [1.165, 1.54) is 0 Å². The summed E-state index contributed by atoms with van der Waals surface area (Å²) in [6.45, 7) is 2.02. The van der Waals surface area contributed by atoms with Gasteiger partial charge in [-0.2, -0.15) is 0 Å². The standard InChI is InChI=1S/C34H27ClNOP/c1-26-17-21-28(22-18-26)34(37)36-33(25-27-19-23-29(35)24-20-27)38(30-11-5-2-6-12-30,31-13-7-3-8-14-31)32-15-9-4-10-16-32/h2-25H,1H3/p+1. The number of amides is 1. The van der Waals surface area contributed by atoms with Crippen LogP contribution in [0.4, 0.5) is 0 Å². The van der Waals surface area contributed by atoms with Gasteiger partial charge in [0.25, 0.3) is 5.91 Å². The first kappa shape index (κ1) is 25.7. The van der Waals surface area contributed by atoms with E-state index >= 15 is 0 Å². The van der Waals surface area contributed by atoms with Gasteiger partial charge in [-0.3, -0.25) is 10.1 Å². The molecule has 0 atom stereocenters. The van der Waals surface area contributed by atoms with Crippen LogP contribution in [0.5, 0.6) is 0 Å². The minimum atomic E-state index is -2.53. The Morgan fingerprint density at radius 1 is 0.632 bits per heavy atom. The summed E-state index contributed by atoms with van der Waals surface area (Å²) in [7, 11) is -2.53. The fraction of sp³-hybridized carbons (Fsp3) is 0.0294. The van der Waals surface area contributed by atoms with Crippen LogP contribution in [-0.4, -0.2) is 5.91 Å². The van der Waals surface area contributed by atoms with Gasteiger partial charge in [-0.15, -0.1) is 0 Å². The smallest absolute Gasteiger partial charge is 0.258 e. The maximum absolute atomic E-state index is 13.8. The zero-order valence-electron chi connectivity index (χ0n) is 21.1. The predicted octanol–water partition coefficient (Wildman–Crippen LogP) is 7.37. The van der Waals surface area contributed by atoms with E-state index in [-0.39, 0.29) is 5.91 Å². The molecule has 0 saturated heterocycles. The topological polar surface area (TPSA) is 29.1 Å². The molecule has 0 unspecified atom stereocenters. The van der Waals surface area contributed by atoms with Crippen molar-refractivity contribution in [1.29, 1.82) is 0 Å². The van der Waals surface area contributed by atoms with Crippen LogP contribution in [0, 0.1) is 6.92 Å². The summed E-state index contributed by atoms with van der Waals surface area (Å²) in [5, 5.41) is 7.52. The molecule has 5 rings (SSSR count). The normalized spacial score (nSPS) is 11.7. The Hall–Kier alpha value is -3.97. The molecule has 0 radical (unpaired) electrons. The van der Waals surface area contributed by atoms with E-state index in [2.05, 4.69) is 84.2 Å². The lowest BCUT2D eigenvalue weighted by Crippen LogP contribution is -2.38. The third-order valence-electron chi connectivity index (χ3n) is 6.52. The molecule has 4 heteroatoms. The van der Waals surface area contributed by atoms with E-state index in [0.29, 0.717) is 10.6 Å². The molecule has 186 valence electrons. The molecule has 1 amide bonds. The first-order chi connectivity index (χ1) is 18.6. The third kappa shape index (κ3) is 5.34. The molecule has 0 heterocycles. The monoisotopic (exact) mass is 532 g/mol. The van der Waals surface area contributed by atoms with Crippen LogP contribution >= 0.6 is 18.9 Å². The number of carbonyl (C=O) groups is 1. The number of nitrogens with one attached hydrogen (secondary N) is 1. The number of halogens is 1. The highest BCUT2D eigenvalue weighted by atomic mass is 35.5. The molecule has 5 aromatic carbocycles. The molecule has 0 saturated carbocycles. The van der Waals surface area contributed by atoms with Crippen LogP contribution in [0.25, 0.3) is 6.08 Å². The van der Waals surface area contributed by atoms with E-state index in [1.807, 2.05) is 73.7 Å². The molecule has 5 aromatic rings. The van der Waals surface area contributed by atoms with Crippen molar-refractivity contribution in [2.45, 2.75) is 6.92 Å². The maximum atomic E-state index is 13.8. The lowest BCUT2D eigenvalue weighted by atomic mass is 10.1.